The number of hydrogen-bond acceptors (Lipinski definition) is 1. The quantitative estimate of drug-likeness (QED) is 0.597. The van der Waals surface area contributed by atoms with Crippen LogP contribution in [-0.4, -0.2) is 4.57 Å². The largest absolute Gasteiger partial charge is 0.397 e. The van der Waals surface area contributed by atoms with E-state index in [1.807, 2.05) is 12.1 Å². The molecule has 0 saturated carbocycles. The summed E-state index contributed by atoms with van der Waals surface area (Å²) in [6, 6.07) is 8.23. The molecule has 0 aliphatic heterocycles. The fraction of sp³-hybridized carbons (Fsp3) is 0.385. The summed E-state index contributed by atoms with van der Waals surface area (Å²) in [6.45, 7) is 3.30. The molecular formula is C13H18N2. The monoisotopic (exact) mass is 202 g/mol. The third-order valence-electron chi connectivity index (χ3n) is 2.82. The average Bonchev–Trinajstić information content (AvgIpc) is 2.63. The number of unbranched alkanes of at least 4 members (excludes halogenated alkanes) is 2. The van der Waals surface area contributed by atoms with Crippen LogP contribution in [0.5, 0.6) is 0 Å². The van der Waals surface area contributed by atoms with Gasteiger partial charge in [0, 0.05) is 18.1 Å². The molecule has 2 N–H and O–H groups in total. The van der Waals surface area contributed by atoms with Crippen molar-refractivity contribution >= 4 is 16.6 Å². The van der Waals surface area contributed by atoms with E-state index in [9.17, 15) is 0 Å². The Morgan fingerprint density at radius 1 is 1.20 bits per heavy atom. The van der Waals surface area contributed by atoms with E-state index in [1.165, 1.54) is 30.2 Å². The van der Waals surface area contributed by atoms with Crippen LogP contribution >= 0.6 is 0 Å². The van der Waals surface area contributed by atoms with Gasteiger partial charge < -0.3 is 10.3 Å². The standard InChI is InChI=1S/C13H18N2/c1-2-3-4-9-15-10-8-11-6-5-7-12(14)13(11)15/h5-8,10H,2-4,9,14H2,1H3. The molecule has 2 rings (SSSR count). The summed E-state index contributed by atoms with van der Waals surface area (Å²) in [5.74, 6) is 0. The first-order valence-corrected chi connectivity index (χ1v) is 5.66. The van der Waals surface area contributed by atoms with Crippen molar-refractivity contribution in [1.82, 2.24) is 4.57 Å². The highest BCUT2D eigenvalue weighted by Gasteiger charge is 2.02. The van der Waals surface area contributed by atoms with Gasteiger partial charge in [0.2, 0.25) is 0 Å². The van der Waals surface area contributed by atoms with Crippen molar-refractivity contribution < 1.29 is 0 Å². The first kappa shape index (κ1) is 10.1. The SMILES string of the molecule is CCCCCn1ccc2cccc(N)c21. The number of nitrogens with zero attached hydrogens (tertiary/aromatic N) is 1. The predicted molar refractivity (Wildman–Crippen MR) is 65.9 cm³/mol. The Labute approximate surface area is 90.7 Å². The maximum atomic E-state index is 5.98. The molecule has 0 fully saturated rings. The third-order valence-corrected chi connectivity index (χ3v) is 2.82. The Balaban J connectivity index is 2.27. The summed E-state index contributed by atoms with van der Waals surface area (Å²) < 4.78 is 2.26. The second-order valence-electron chi connectivity index (χ2n) is 4.00. The number of hydrogen-bond donors (Lipinski definition) is 1. The minimum atomic E-state index is 0.883. The van der Waals surface area contributed by atoms with Crippen molar-refractivity contribution in [3.05, 3.63) is 30.5 Å². The van der Waals surface area contributed by atoms with Gasteiger partial charge in [-0.25, -0.2) is 0 Å². The van der Waals surface area contributed by atoms with Crippen LogP contribution in [0.3, 0.4) is 0 Å². The molecule has 2 nitrogen and oxygen atoms in total. The van der Waals surface area contributed by atoms with Crippen molar-refractivity contribution in [2.24, 2.45) is 0 Å². The lowest BCUT2D eigenvalue weighted by atomic mass is 10.2. The van der Waals surface area contributed by atoms with E-state index in [1.54, 1.807) is 0 Å². The van der Waals surface area contributed by atoms with Crippen molar-refractivity contribution in [3.63, 3.8) is 0 Å². The van der Waals surface area contributed by atoms with Gasteiger partial charge in [-0.3, -0.25) is 0 Å². The van der Waals surface area contributed by atoms with Crippen molar-refractivity contribution in [2.75, 3.05) is 5.73 Å². The van der Waals surface area contributed by atoms with Crippen LogP contribution in [0.15, 0.2) is 30.5 Å². The van der Waals surface area contributed by atoms with Gasteiger partial charge in [0.05, 0.1) is 11.2 Å². The fourth-order valence-electron chi connectivity index (χ4n) is 2.01. The van der Waals surface area contributed by atoms with Gasteiger partial charge in [0.25, 0.3) is 0 Å². The second-order valence-corrected chi connectivity index (χ2v) is 4.00. The molecule has 0 unspecified atom stereocenters. The zero-order chi connectivity index (χ0) is 10.7. The van der Waals surface area contributed by atoms with Gasteiger partial charge in [-0.1, -0.05) is 31.9 Å². The van der Waals surface area contributed by atoms with E-state index in [0.29, 0.717) is 0 Å². The molecule has 0 bridgehead atoms. The minimum absolute atomic E-state index is 0.883. The van der Waals surface area contributed by atoms with Gasteiger partial charge in [-0.15, -0.1) is 0 Å². The Morgan fingerprint density at radius 2 is 2.07 bits per heavy atom. The molecule has 0 aliphatic rings. The Morgan fingerprint density at radius 3 is 2.87 bits per heavy atom. The van der Waals surface area contributed by atoms with E-state index in [4.69, 9.17) is 5.73 Å². The van der Waals surface area contributed by atoms with E-state index in [-0.39, 0.29) is 0 Å². The van der Waals surface area contributed by atoms with E-state index >= 15 is 0 Å². The molecule has 80 valence electrons. The van der Waals surface area contributed by atoms with Gasteiger partial charge in [0.1, 0.15) is 0 Å². The van der Waals surface area contributed by atoms with Crippen LogP contribution in [0.2, 0.25) is 0 Å². The second kappa shape index (κ2) is 4.39. The molecule has 0 amide bonds. The minimum Gasteiger partial charge on any atom is -0.397 e. The van der Waals surface area contributed by atoms with Crippen molar-refractivity contribution in [3.8, 4) is 0 Å². The lowest BCUT2D eigenvalue weighted by Crippen LogP contribution is -1.98. The first-order valence-electron chi connectivity index (χ1n) is 5.66. The lowest BCUT2D eigenvalue weighted by Gasteiger charge is -2.06. The summed E-state index contributed by atoms with van der Waals surface area (Å²) in [7, 11) is 0. The molecule has 1 heterocycles. The van der Waals surface area contributed by atoms with Crippen molar-refractivity contribution in [2.45, 2.75) is 32.7 Å². The molecule has 0 aliphatic carbocycles. The summed E-state index contributed by atoms with van der Waals surface area (Å²) in [4.78, 5) is 0. The van der Waals surface area contributed by atoms with Crippen molar-refractivity contribution in [1.29, 1.82) is 0 Å². The summed E-state index contributed by atoms with van der Waals surface area (Å²) in [5, 5.41) is 1.24. The number of aryl methyl sites for hydroxylation is 1. The lowest BCUT2D eigenvalue weighted by molar-refractivity contribution is 0.617. The van der Waals surface area contributed by atoms with E-state index in [2.05, 4.69) is 29.8 Å². The van der Waals surface area contributed by atoms with E-state index in [0.717, 1.165) is 12.2 Å². The normalized spacial score (nSPS) is 11.0. The highest BCUT2D eigenvalue weighted by molar-refractivity contribution is 5.90. The number of rotatable bonds is 4. The molecule has 2 aromatic rings. The van der Waals surface area contributed by atoms with E-state index < -0.39 is 0 Å². The Kier molecular flexibility index (Phi) is 2.95. The highest BCUT2D eigenvalue weighted by Crippen LogP contribution is 2.22. The van der Waals surface area contributed by atoms with Crippen LogP contribution in [0.4, 0.5) is 5.69 Å². The number of fused-ring (bicyclic) bond motifs is 1. The molecule has 0 saturated heterocycles. The van der Waals surface area contributed by atoms with Crippen LogP contribution < -0.4 is 5.73 Å². The first-order chi connectivity index (χ1) is 7.33. The van der Waals surface area contributed by atoms with Crippen LogP contribution in [-0.2, 0) is 6.54 Å². The molecule has 2 heteroatoms. The molecule has 0 atom stereocenters. The van der Waals surface area contributed by atoms with Crippen LogP contribution in [0.1, 0.15) is 26.2 Å². The highest BCUT2D eigenvalue weighted by atomic mass is 15.0. The molecular weight excluding hydrogens is 184 g/mol. The number of benzene rings is 1. The van der Waals surface area contributed by atoms with Gasteiger partial charge in [-0.2, -0.15) is 0 Å². The third kappa shape index (κ3) is 1.99. The zero-order valence-corrected chi connectivity index (χ0v) is 9.24. The Bertz CT molecular complexity index is 443. The Hall–Kier alpha value is -1.44. The molecule has 15 heavy (non-hydrogen) atoms. The number of anilines is 1. The zero-order valence-electron chi connectivity index (χ0n) is 9.24. The molecule has 1 aromatic carbocycles. The van der Waals surface area contributed by atoms with Gasteiger partial charge >= 0.3 is 0 Å². The fourth-order valence-corrected chi connectivity index (χ4v) is 2.01. The van der Waals surface area contributed by atoms with Crippen LogP contribution in [0.25, 0.3) is 10.9 Å². The number of aromatic nitrogens is 1. The summed E-state index contributed by atoms with van der Waals surface area (Å²) in [6.07, 6.45) is 5.91. The number of para-hydroxylation sites is 1. The number of nitrogen functional groups attached to an aromatic ring is 1. The topological polar surface area (TPSA) is 30.9 Å². The molecule has 0 spiro atoms. The molecule has 0 radical (unpaired) electrons. The summed E-state index contributed by atoms with van der Waals surface area (Å²) in [5.41, 5.74) is 8.06. The smallest absolute Gasteiger partial charge is 0.0713 e. The molecule has 1 aromatic heterocycles. The summed E-state index contributed by atoms with van der Waals surface area (Å²) >= 11 is 0. The maximum Gasteiger partial charge on any atom is 0.0713 e. The maximum absolute atomic E-state index is 5.98. The number of nitrogens with two attached hydrogens (primary N) is 1. The van der Waals surface area contributed by atoms with Gasteiger partial charge in [0.15, 0.2) is 0 Å². The van der Waals surface area contributed by atoms with Crippen LogP contribution in [0, 0.1) is 0 Å². The van der Waals surface area contributed by atoms with Gasteiger partial charge in [-0.05, 0) is 18.6 Å². The predicted octanol–water partition coefficient (Wildman–Crippen LogP) is 3.41. The average molecular weight is 202 g/mol.